The molecule has 2 aliphatic rings. The predicted octanol–water partition coefficient (Wildman–Crippen LogP) is 4.29. The van der Waals surface area contributed by atoms with Crippen LogP contribution in [0.4, 0.5) is 4.39 Å². The first kappa shape index (κ1) is 13.4. The van der Waals surface area contributed by atoms with Crippen molar-refractivity contribution in [3.8, 4) is 0 Å². The summed E-state index contributed by atoms with van der Waals surface area (Å²) >= 11 is 5.96. The second-order valence-corrected chi connectivity index (χ2v) is 6.88. The third-order valence-electron chi connectivity index (χ3n) is 5.13. The van der Waals surface area contributed by atoms with E-state index >= 15 is 0 Å². The number of hydrogen-bond donors (Lipinski definition) is 1. The summed E-state index contributed by atoms with van der Waals surface area (Å²) in [5.41, 5.74) is 1.26. The standard InChI is InChI=1S/C16H21ClFN/c1-19-11-16(9-15(10-16)7-2-3-8-15)12-5-4-6-13(17)14(12)18/h4-6,19H,2-3,7-11H2,1H3. The van der Waals surface area contributed by atoms with Gasteiger partial charge in [-0.3, -0.25) is 0 Å². The van der Waals surface area contributed by atoms with E-state index in [4.69, 9.17) is 11.6 Å². The maximum Gasteiger partial charge on any atom is 0.145 e. The van der Waals surface area contributed by atoms with Gasteiger partial charge in [0, 0.05) is 12.0 Å². The first-order valence-electron chi connectivity index (χ1n) is 7.20. The monoisotopic (exact) mass is 281 g/mol. The summed E-state index contributed by atoms with van der Waals surface area (Å²) in [6.07, 6.45) is 7.54. The summed E-state index contributed by atoms with van der Waals surface area (Å²) in [5.74, 6) is -0.215. The lowest BCUT2D eigenvalue weighted by Crippen LogP contribution is -2.53. The van der Waals surface area contributed by atoms with Crippen molar-refractivity contribution >= 4 is 11.6 Å². The van der Waals surface area contributed by atoms with Crippen LogP contribution in [0.15, 0.2) is 18.2 Å². The molecule has 2 fully saturated rings. The molecular formula is C16H21ClFN. The van der Waals surface area contributed by atoms with E-state index in [1.54, 1.807) is 6.07 Å². The first-order valence-corrected chi connectivity index (χ1v) is 7.58. The molecule has 0 aliphatic heterocycles. The van der Waals surface area contributed by atoms with Crippen molar-refractivity contribution in [1.29, 1.82) is 0 Å². The average molecular weight is 282 g/mol. The third kappa shape index (κ3) is 2.09. The second-order valence-electron chi connectivity index (χ2n) is 6.47. The zero-order valence-corrected chi connectivity index (χ0v) is 12.2. The van der Waals surface area contributed by atoms with E-state index in [1.165, 1.54) is 25.7 Å². The summed E-state index contributed by atoms with van der Waals surface area (Å²) in [6, 6.07) is 5.43. The minimum absolute atomic E-state index is 0.0475. The van der Waals surface area contributed by atoms with E-state index in [1.807, 2.05) is 19.2 Å². The zero-order chi connectivity index (χ0) is 13.5. The molecule has 0 heterocycles. The van der Waals surface area contributed by atoms with Gasteiger partial charge in [-0.1, -0.05) is 36.6 Å². The summed E-state index contributed by atoms with van der Waals surface area (Å²) in [4.78, 5) is 0. The normalized spacial score (nSPS) is 23.5. The molecule has 3 heteroatoms. The van der Waals surface area contributed by atoms with E-state index in [-0.39, 0.29) is 16.3 Å². The molecule has 1 N–H and O–H groups in total. The molecule has 104 valence electrons. The van der Waals surface area contributed by atoms with E-state index in [9.17, 15) is 4.39 Å². The van der Waals surface area contributed by atoms with Crippen molar-refractivity contribution in [2.45, 2.75) is 43.9 Å². The summed E-state index contributed by atoms with van der Waals surface area (Å²) in [6.45, 7) is 0.839. The Morgan fingerprint density at radius 1 is 1.26 bits per heavy atom. The summed E-state index contributed by atoms with van der Waals surface area (Å²) in [7, 11) is 1.95. The molecule has 0 radical (unpaired) electrons. The third-order valence-corrected chi connectivity index (χ3v) is 5.42. The van der Waals surface area contributed by atoms with Gasteiger partial charge in [0.25, 0.3) is 0 Å². The molecule has 1 spiro atoms. The molecule has 1 aromatic carbocycles. The number of likely N-dealkylation sites (N-methyl/N-ethyl adjacent to an activating group) is 1. The van der Waals surface area contributed by atoms with Gasteiger partial charge in [-0.05, 0) is 49.8 Å². The van der Waals surface area contributed by atoms with Gasteiger partial charge in [0.05, 0.1) is 5.02 Å². The molecule has 2 saturated carbocycles. The van der Waals surface area contributed by atoms with Gasteiger partial charge in [-0.15, -0.1) is 0 Å². The quantitative estimate of drug-likeness (QED) is 0.871. The number of rotatable bonds is 3. The molecule has 0 unspecified atom stereocenters. The molecule has 0 aromatic heterocycles. The van der Waals surface area contributed by atoms with Crippen molar-refractivity contribution in [2.75, 3.05) is 13.6 Å². The molecule has 1 nitrogen and oxygen atoms in total. The number of halogens is 2. The zero-order valence-electron chi connectivity index (χ0n) is 11.4. The van der Waals surface area contributed by atoms with Gasteiger partial charge in [-0.25, -0.2) is 4.39 Å². The van der Waals surface area contributed by atoms with Crippen LogP contribution < -0.4 is 5.32 Å². The SMILES string of the molecule is CNCC1(c2cccc(Cl)c2F)CC2(CCCC2)C1. The Morgan fingerprint density at radius 3 is 2.58 bits per heavy atom. The minimum Gasteiger partial charge on any atom is -0.319 e. The van der Waals surface area contributed by atoms with E-state index < -0.39 is 0 Å². The van der Waals surface area contributed by atoms with Crippen LogP contribution in [0.1, 0.15) is 44.1 Å². The molecule has 19 heavy (non-hydrogen) atoms. The lowest BCUT2D eigenvalue weighted by Gasteiger charge is -2.56. The molecule has 0 bridgehead atoms. The van der Waals surface area contributed by atoms with Crippen molar-refractivity contribution < 1.29 is 4.39 Å². The van der Waals surface area contributed by atoms with Crippen LogP contribution >= 0.6 is 11.6 Å². The fraction of sp³-hybridized carbons (Fsp3) is 0.625. The lowest BCUT2D eigenvalue weighted by molar-refractivity contribution is 0.0259. The van der Waals surface area contributed by atoms with E-state index in [0.29, 0.717) is 5.41 Å². The largest absolute Gasteiger partial charge is 0.319 e. The fourth-order valence-electron chi connectivity index (χ4n) is 4.52. The molecule has 0 amide bonds. The van der Waals surface area contributed by atoms with Gasteiger partial charge >= 0.3 is 0 Å². The highest BCUT2D eigenvalue weighted by Gasteiger charge is 2.56. The molecule has 0 atom stereocenters. The second kappa shape index (κ2) is 4.75. The van der Waals surface area contributed by atoms with Crippen LogP contribution in [-0.2, 0) is 5.41 Å². The molecule has 2 aliphatic carbocycles. The maximum atomic E-state index is 14.4. The highest BCUT2D eigenvalue weighted by molar-refractivity contribution is 6.30. The van der Waals surface area contributed by atoms with Crippen LogP contribution in [0.2, 0.25) is 5.02 Å². The highest BCUT2D eigenvalue weighted by atomic mass is 35.5. The van der Waals surface area contributed by atoms with Gasteiger partial charge in [0.1, 0.15) is 5.82 Å². The van der Waals surface area contributed by atoms with Crippen molar-refractivity contribution in [3.63, 3.8) is 0 Å². The van der Waals surface area contributed by atoms with Gasteiger partial charge < -0.3 is 5.32 Å². The van der Waals surface area contributed by atoms with Gasteiger partial charge in [0.2, 0.25) is 0 Å². The van der Waals surface area contributed by atoms with E-state index in [0.717, 1.165) is 24.9 Å². The Balaban J connectivity index is 1.92. The van der Waals surface area contributed by atoms with Crippen LogP contribution in [0.3, 0.4) is 0 Å². The maximum absolute atomic E-state index is 14.4. The smallest absolute Gasteiger partial charge is 0.145 e. The van der Waals surface area contributed by atoms with Crippen LogP contribution in [-0.4, -0.2) is 13.6 Å². The molecule has 0 saturated heterocycles. The number of nitrogens with one attached hydrogen (secondary N) is 1. The Morgan fingerprint density at radius 2 is 1.95 bits per heavy atom. The first-order chi connectivity index (χ1) is 9.11. The van der Waals surface area contributed by atoms with Crippen molar-refractivity contribution in [1.82, 2.24) is 5.32 Å². The van der Waals surface area contributed by atoms with Crippen LogP contribution in [0.5, 0.6) is 0 Å². The average Bonchev–Trinajstić information content (AvgIpc) is 2.81. The molecule has 3 rings (SSSR count). The van der Waals surface area contributed by atoms with Crippen molar-refractivity contribution in [3.05, 3.63) is 34.6 Å². The number of benzene rings is 1. The topological polar surface area (TPSA) is 12.0 Å². The van der Waals surface area contributed by atoms with Crippen molar-refractivity contribution in [2.24, 2.45) is 5.41 Å². The van der Waals surface area contributed by atoms with Crippen LogP contribution in [0, 0.1) is 11.2 Å². The van der Waals surface area contributed by atoms with Gasteiger partial charge in [0.15, 0.2) is 0 Å². The highest BCUT2D eigenvalue weighted by Crippen LogP contribution is 2.63. The summed E-state index contributed by atoms with van der Waals surface area (Å²) < 4.78 is 14.4. The lowest BCUT2D eigenvalue weighted by atomic mass is 9.49. The van der Waals surface area contributed by atoms with E-state index in [2.05, 4.69) is 5.32 Å². The van der Waals surface area contributed by atoms with Crippen LogP contribution in [0.25, 0.3) is 0 Å². The predicted molar refractivity (Wildman–Crippen MR) is 77.1 cm³/mol. The summed E-state index contributed by atoms with van der Waals surface area (Å²) in [5, 5.41) is 3.50. The minimum atomic E-state index is -0.215. The van der Waals surface area contributed by atoms with Gasteiger partial charge in [-0.2, -0.15) is 0 Å². The molecule has 1 aromatic rings. The fourth-order valence-corrected chi connectivity index (χ4v) is 4.70. The Labute approximate surface area is 119 Å². The number of hydrogen-bond acceptors (Lipinski definition) is 1. The Kier molecular flexibility index (Phi) is 3.34. The Bertz CT molecular complexity index is 472. The Hall–Kier alpha value is -0.600. The molecular weight excluding hydrogens is 261 g/mol.